The summed E-state index contributed by atoms with van der Waals surface area (Å²) < 4.78 is 0. The van der Waals surface area contributed by atoms with Crippen LogP contribution in [0.3, 0.4) is 0 Å². The molecular weight excluding hydrogens is 146 g/mol. The Hall–Kier alpha value is -0.0400. The SMILES string of the molecule is CCNC(CC)CCCC(C)C. The fraction of sp³-hybridized carbons (Fsp3) is 1.00. The van der Waals surface area contributed by atoms with E-state index in [1.54, 1.807) is 0 Å². The van der Waals surface area contributed by atoms with Crippen LogP contribution >= 0.6 is 0 Å². The monoisotopic (exact) mass is 171 g/mol. The number of hydrogen-bond acceptors (Lipinski definition) is 1. The molecule has 0 rings (SSSR count). The molecule has 0 spiro atoms. The van der Waals surface area contributed by atoms with Crippen molar-refractivity contribution in [2.24, 2.45) is 5.92 Å². The molecule has 0 aliphatic carbocycles. The largest absolute Gasteiger partial charge is 0.314 e. The molecule has 0 aromatic carbocycles. The summed E-state index contributed by atoms with van der Waals surface area (Å²) in [6.45, 7) is 10.2. The Labute approximate surface area is 77.9 Å². The maximum Gasteiger partial charge on any atom is 0.00643 e. The van der Waals surface area contributed by atoms with E-state index in [1.807, 2.05) is 0 Å². The van der Waals surface area contributed by atoms with Crippen molar-refractivity contribution in [3.63, 3.8) is 0 Å². The molecule has 0 amide bonds. The van der Waals surface area contributed by atoms with E-state index in [9.17, 15) is 0 Å². The fourth-order valence-corrected chi connectivity index (χ4v) is 1.51. The summed E-state index contributed by atoms with van der Waals surface area (Å²) >= 11 is 0. The van der Waals surface area contributed by atoms with Gasteiger partial charge < -0.3 is 5.32 Å². The zero-order valence-electron chi connectivity index (χ0n) is 9.19. The molecular formula is C11H25N. The molecule has 1 atom stereocenters. The summed E-state index contributed by atoms with van der Waals surface area (Å²) in [6, 6.07) is 0.758. The predicted molar refractivity (Wildman–Crippen MR) is 56.4 cm³/mol. The lowest BCUT2D eigenvalue weighted by atomic mass is 10.0. The van der Waals surface area contributed by atoms with E-state index < -0.39 is 0 Å². The molecule has 0 radical (unpaired) electrons. The molecule has 1 nitrogen and oxygen atoms in total. The minimum atomic E-state index is 0.758. The smallest absolute Gasteiger partial charge is 0.00643 e. The Balaban J connectivity index is 3.31. The van der Waals surface area contributed by atoms with Gasteiger partial charge in [0.15, 0.2) is 0 Å². The van der Waals surface area contributed by atoms with Crippen LogP contribution in [0.1, 0.15) is 53.4 Å². The Morgan fingerprint density at radius 2 is 1.75 bits per heavy atom. The molecule has 0 saturated carbocycles. The highest BCUT2D eigenvalue weighted by molar-refractivity contribution is 4.63. The summed E-state index contributed by atoms with van der Waals surface area (Å²) in [5, 5.41) is 3.51. The Bertz CT molecular complexity index is 89.0. The highest BCUT2D eigenvalue weighted by atomic mass is 14.9. The molecule has 0 aliphatic heterocycles. The minimum absolute atomic E-state index is 0.758. The molecule has 0 aliphatic rings. The quantitative estimate of drug-likeness (QED) is 0.620. The molecule has 1 heteroatoms. The van der Waals surface area contributed by atoms with Gasteiger partial charge in [0, 0.05) is 6.04 Å². The Kier molecular flexibility index (Phi) is 7.58. The van der Waals surface area contributed by atoms with Crippen LogP contribution in [-0.4, -0.2) is 12.6 Å². The highest BCUT2D eigenvalue weighted by Crippen LogP contribution is 2.09. The summed E-state index contributed by atoms with van der Waals surface area (Å²) in [5.41, 5.74) is 0. The first-order valence-corrected chi connectivity index (χ1v) is 5.44. The van der Waals surface area contributed by atoms with Gasteiger partial charge in [-0.3, -0.25) is 0 Å². The maximum absolute atomic E-state index is 3.51. The Morgan fingerprint density at radius 3 is 2.17 bits per heavy atom. The van der Waals surface area contributed by atoms with Crippen LogP contribution in [-0.2, 0) is 0 Å². The number of nitrogens with one attached hydrogen (secondary N) is 1. The van der Waals surface area contributed by atoms with Gasteiger partial charge in [-0.1, -0.05) is 40.5 Å². The van der Waals surface area contributed by atoms with Gasteiger partial charge in [0.25, 0.3) is 0 Å². The summed E-state index contributed by atoms with van der Waals surface area (Å²) in [4.78, 5) is 0. The Morgan fingerprint density at radius 1 is 1.08 bits per heavy atom. The molecule has 74 valence electrons. The normalized spacial score (nSPS) is 13.8. The second kappa shape index (κ2) is 7.60. The van der Waals surface area contributed by atoms with E-state index in [4.69, 9.17) is 0 Å². The molecule has 0 aromatic rings. The van der Waals surface area contributed by atoms with E-state index in [0.717, 1.165) is 18.5 Å². The molecule has 1 N–H and O–H groups in total. The van der Waals surface area contributed by atoms with Gasteiger partial charge >= 0.3 is 0 Å². The van der Waals surface area contributed by atoms with Crippen molar-refractivity contribution in [3.05, 3.63) is 0 Å². The van der Waals surface area contributed by atoms with Crippen LogP contribution in [0.2, 0.25) is 0 Å². The van der Waals surface area contributed by atoms with E-state index in [0.29, 0.717) is 0 Å². The standard InChI is InChI=1S/C11H25N/c1-5-11(12-6-2)9-7-8-10(3)4/h10-12H,5-9H2,1-4H3. The first kappa shape index (κ1) is 12.0. The highest BCUT2D eigenvalue weighted by Gasteiger charge is 2.03. The van der Waals surface area contributed by atoms with Gasteiger partial charge in [-0.15, -0.1) is 0 Å². The predicted octanol–water partition coefficient (Wildman–Crippen LogP) is 3.20. The second-order valence-electron chi connectivity index (χ2n) is 3.99. The van der Waals surface area contributed by atoms with Crippen LogP contribution in [0.4, 0.5) is 0 Å². The van der Waals surface area contributed by atoms with E-state index >= 15 is 0 Å². The van der Waals surface area contributed by atoms with Gasteiger partial charge in [-0.25, -0.2) is 0 Å². The van der Waals surface area contributed by atoms with Gasteiger partial charge in [-0.05, 0) is 25.3 Å². The lowest BCUT2D eigenvalue weighted by molar-refractivity contribution is 0.435. The fourth-order valence-electron chi connectivity index (χ4n) is 1.51. The summed E-state index contributed by atoms with van der Waals surface area (Å²) in [5.74, 6) is 0.865. The molecule has 0 fully saturated rings. The molecule has 0 saturated heterocycles. The average Bonchev–Trinajstić information content (AvgIpc) is 2.02. The lowest BCUT2D eigenvalue weighted by Crippen LogP contribution is -2.27. The van der Waals surface area contributed by atoms with Crippen molar-refractivity contribution < 1.29 is 0 Å². The van der Waals surface area contributed by atoms with Gasteiger partial charge in [0.05, 0.1) is 0 Å². The van der Waals surface area contributed by atoms with Crippen molar-refractivity contribution in [2.75, 3.05) is 6.54 Å². The molecule has 0 bridgehead atoms. The molecule has 0 heterocycles. The molecule has 1 unspecified atom stereocenters. The zero-order chi connectivity index (χ0) is 9.40. The third-order valence-electron chi connectivity index (χ3n) is 2.32. The van der Waals surface area contributed by atoms with Crippen molar-refractivity contribution >= 4 is 0 Å². The molecule has 12 heavy (non-hydrogen) atoms. The van der Waals surface area contributed by atoms with Gasteiger partial charge in [0.2, 0.25) is 0 Å². The summed E-state index contributed by atoms with van der Waals surface area (Å²) in [7, 11) is 0. The van der Waals surface area contributed by atoms with Crippen LogP contribution in [0.5, 0.6) is 0 Å². The minimum Gasteiger partial charge on any atom is -0.314 e. The third kappa shape index (κ3) is 6.66. The van der Waals surface area contributed by atoms with E-state index in [1.165, 1.54) is 25.7 Å². The number of rotatable bonds is 7. The topological polar surface area (TPSA) is 12.0 Å². The van der Waals surface area contributed by atoms with Crippen molar-refractivity contribution in [2.45, 2.75) is 59.4 Å². The van der Waals surface area contributed by atoms with Crippen LogP contribution in [0.25, 0.3) is 0 Å². The van der Waals surface area contributed by atoms with Crippen molar-refractivity contribution in [1.82, 2.24) is 5.32 Å². The van der Waals surface area contributed by atoms with E-state index in [-0.39, 0.29) is 0 Å². The lowest BCUT2D eigenvalue weighted by Gasteiger charge is -2.15. The number of hydrogen-bond donors (Lipinski definition) is 1. The average molecular weight is 171 g/mol. The van der Waals surface area contributed by atoms with Crippen molar-refractivity contribution in [3.8, 4) is 0 Å². The third-order valence-corrected chi connectivity index (χ3v) is 2.32. The first-order chi connectivity index (χ1) is 5.70. The van der Waals surface area contributed by atoms with Crippen LogP contribution < -0.4 is 5.32 Å². The zero-order valence-corrected chi connectivity index (χ0v) is 9.19. The van der Waals surface area contributed by atoms with E-state index in [2.05, 4.69) is 33.0 Å². The first-order valence-electron chi connectivity index (χ1n) is 5.44. The van der Waals surface area contributed by atoms with Crippen LogP contribution in [0.15, 0.2) is 0 Å². The molecule has 0 aromatic heterocycles. The second-order valence-corrected chi connectivity index (χ2v) is 3.99. The van der Waals surface area contributed by atoms with Crippen LogP contribution in [0, 0.1) is 5.92 Å². The van der Waals surface area contributed by atoms with Gasteiger partial charge in [0.1, 0.15) is 0 Å². The summed E-state index contributed by atoms with van der Waals surface area (Å²) in [6.07, 6.45) is 5.37. The maximum atomic E-state index is 3.51. The van der Waals surface area contributed by atoms with Crippen molar-refractivity contribution in [1.29, 1.82) is 0 Å². The van der Waals surface area contributed by atoms with Gasteiger partial charge in [-0.2, -0.15) is 0 Å².